The fraction of sp³-hybridized carbons (Fsp3) is 0.667. The largest absolute Gasteiger partial charge is 0.0882 e. The first-order valence-electron chi connectivity index (χ1n) is 5.15. The molecule has 0 nitrogen and oxygen atoms in total. The van der Waals surface area contributed by atoms with Crippen LogP contribution in [0, 0.1) is 13.3 Å². The Balaban J connectivity index is 2.86. The summed E-state index contributed by atoms with van der Waals surface area (Å²) in [6.45, 7) is 5.89. The van der Waals surface area contributed by atoms with Gasteiger partial charge in [0.15, 0.2) is 0 Å². The molecule has 0 heterocycles. The lowest BCUT2D eigenvalue weighted by molar-refractivity contribution is 0.621. The molecule has 2 radical (unpaired) electrons. The summed E-state index contributed by atoms with van der Waals surface area (Å²) in [5, 5.41) is 0. The molecular weight excluding hydrogens is 144 g/mol. The van der Waals surface area contributed by atoms with E-state index < -0.39 is 0 Å². The monoisotopic (exact) mass is 166 g/mol. The van der Waals surface area contributed by atoms with Crippen molar-refractivity contribution in [3.8, 4) is 0 Å². The standard InChI is InChI=1S/C12H22/c1-3-5-7-9-11-12-10-8-6-4-2/h4,6,8H,1,3,5,7,9-12H2,2H3/b8-6+. The fourth-order valence-corrected chi connectivity index (χ4v) is 1.20. The molecule has 0 heteroatoms. The van der Waals surface area contributed by atoms with Gasteiger partial charge in [0.2, 0.25) is 0 Å². The molecule has 12 heavy (non-hydrogen) atoms. The molecule has 70 valence electrons. The van der Waals surface area contributed by atoms with Crippen LogP contribution in [0.3, 0.4) is 0 Å². The summed E-state index contributed by atoms with van der Waals surface area (Å²) >= 11 is 0. The van der Waals surface area contributed by atoms with Crippen LogP contribution >= 0.6 is 0 Å². The molecule has 0 spiro atoms. The van der Waals surface area contributed by atoms with Gasteiger partial charge in [0.25, 0.3) is 0 Å². The Kier molecular flexibility index (Phi) is 10.5. The molecule has 0 amide bonds. The van der Waals surface area contributed by atoms with E-state index in [9.17, 15) is 0 Å². The van der Waals surface area contributed by atoms with Gasteiger partial charge in [-0.1, -0.05) is 58.1 Å². The van der Waals surface area contributed by atoms with Crippen molar-refractivity contribution >= 4 is 0 Å². The van der Waals surface area contributed by atoms with E-state index in [2.05, 4.69) is 32.4 Å². The smallest absolute Gasteiger partial charge is 0.0202 e. The number of allylic oxidation sites excluding steroid dienone is 2. The van der Waals surface area contributed by atoms with Crippen LogP contribution in [0.2, 0.25) is 0 Å². The summed E-state index contributed by atoms with van der Waals surface area (Å²) in [6.07, 6.45) is 15.6. The van der Waals surface area contributed by atoms with Crippen molar-refractivity contribution in [1.29, 1.82) is 0 Å². The highest BCUT2D eigenvalue weighted by Crippen LogP contribution is 2.06. The van der Waals surface area contributed by atoms with E-state index in [4.69, 9.17) is 0 Å². The molecule has 0 rings (SSSR count). The molecule has 0 saturated heterocycles. The predicted octanol–water partition coefficient (Wildman–Crippen LogP) is 4.33. The SMILES string of the molecule is [CH2]CCCCCCC/C=C/[CH]C. The van der Waals surface area contributed by atoms with E-state index in [1.54, 1.807) is 0 Å². The van der Waals surface area contributed by atoms with Crippen molar-refractivity contribution in [3.63, 3.8) is 0 Å². The normalized spacial score (nSPS) is 11.2. The summed E-state index contributed by atoms with van der Waals surface area (Å²) in [5.41, 5.74) is 0. The quantitative estimate of drug-likeness (QED) is 0.471. The van der Waals surface area contributed by atoms with E-state index in [0.29, 0.717) is 0 Å². The molecule has 0 aliphatic rings. The molecule has 0 aliphatic heterocycles. The first-order valence-corrected chi connectivity index (χ1v) is 5.15. The van der Waals surface area contributed by atoms with Gasteiger partial charge < -0.3 is 0 Å². The van der Waals surface area contributed by atoms with Gasteiger partial charge in [-0.25, -0.2) is 0 Å². The number of unbranched alkanes of at least 4 members (excludes halogenated alkanes) is 6. The lowest BCUT2D eigenvalue weighted by Gasteiger charge is -1.97. The third kappa shape index (κ3) is 9.74. The van der Waals surface area contributed by atoms with E-state index >= 15 is 0 Å². The van der Waals surface area contributed by atoms with Crippen molar-refractivity contribution in [3.05, 3.63) is 25.5 Å². The average molecular weight is 166 g/mol. The molecule has 0 aromatic rings. The second kappa shape index (κ2) is 10.7. The van der Waals surface area contributed by atoms with Gasteiger partial charge in [0.05, 0.1) is 0 Å². The van der Waals surface area contributed by atoms with Crippen LogP contribution in [0.15, 0.2) is 12.2 Å². The van der Waals surface area contributed by atoms with E-state index in [1.165, 1.54) is 38.5 Å². The first-order chi connectivity index (χ1) is 5.91. The van der Waals surface area contributed by atoms with Crippen LogP contribution in [-0.2, 0) is 0 Å². The Labute approximate surface area is 78.1 Å². The predicted molar refractivity (Wildman–Crippen MR) is 56.8 cm³/mol. The van der Waals surface area contributed by atoms with Gasteiger partial charge in [-0.15, -0.1) is 0 Å². The Bertz CT molecular complexity index is 92.2. The second-order valence-corrected chi connectivity index (χ2v) is 3.17. The zero-order valence-electron chi connectivity index (χ0n) is 8.39. The van der Waals surface area contributed by atoms with E-state index in [0.717, 1.165) is 6.42 Å². The lowest BCUT2D eigenvalue weighted by atomic mass is 10.1. The van der Waals surface area contributed by atoms with Crippen molar-refractivity contribution < 1.29 is 0 Å². The minimum absolute atomic E-state index is 1.10. The molecule has 0 unspecified atom stereocenters. The van der Waals surface area contributed by atoms with Crippen molar-refractivity contribution in [2.75, 3.05) is 0 Å². The van der Waals surface area contributed by atoms with Crippen LogP contribution in [0.4, 0.5) is 0 Å². The van der Waals surface area contributed by atoms with Gasteiger partial charge >= 0.3 is 0 Å². The first kappa shape index (κ1) is 11.7. The molecule has 0 fully saturated rings. The zero-order chi connectivity index (χ0) is 9.07. The second-order valence-electron chi connectivity index (χ2n) is 3.17. The summed E-state index contributed by atoms with van der Waals surface area (Å²) in [4.78, 5) is 0. The van der Waals surface area contributed by atoms with Crippen LogP contribution in [0.1, 0.15) is 51.9 Å². The molecule has 0 bridgehead atoms. The highest BCUT2D eigenvalue weighted by atomic mass is 13.9. The molecule has 0 N–H and O–H groups in total. The maximum atomic E-state index is 3.83. The summed E-state index contributed by atoms with van der Waals surface area (Å²) in [7, 11) is 0. The Hall–Kier alpha value is -0.260. The number of hydrogen-bond donors (Lipinski definition) is 0. The molecule has 0 aromatic heterocycles. The Morgan fingerprint density at radius 3 is 2.33 bits per heavy atom. The van der Waals surface area contributed by atoms with Gasteiger partial charge in [0.1, 0.15) is 0 Å². The van der Waals surface area contributed by atoms with Gasteiger partial charge in [0, 0.05) is 0 Å². The molecule has 0 saturated carbocycles. The third-order valence-electron chi connectivity index (χ3n) is 1.95. The van der Waals surface area contributed by atoms with Gasteiger partial charge in [-0.3, -0.25) is 0 Å². The van der Waals surface area contributed by atoms with E-state index in [1.807, 2.05) is 0 Å². The van der Waals surface area contributed by atoms with Crippen LogP contribution in [0.5, 0.6) is 0 Å². The lowest BCUT2D eigenvalue weighted by Crippen LogP contribution is -1.77. The van der Waals surface area contributed by atoms with Gasteiger partial charge in [-0.2, -0.15) is 0 Å². The highest BCUT2D eigenvalue weighted by molar-refractivity contribution is 4.91. The van der Waals surface area contributed by atoms with Crippen molar-refractivity contribution in [2.45, 2.75) is 51.9 Å². The third-order valence-corrected chi connectivity index (χ3v) is 1.95. The molecular formula is C12H22. The topological polar surface area (TPSA) is 0 Å². The summed E-state index contributed by atoms with van der Waals surface area (Å²) in [5.74, 6) is 0. The summed E-state index contributed by atoms with van der Waals surface area (Å²) < 4.78 is 0. The minimum atomic E-state index is 1.10. The molecule has 0 atom stereocenters. The maximum Gasteiger partial charge on any atom is -0.0202 e. The van der Waals surface area contributed by atoms with Crippen LogP contribution in [-0.4, -0.2) is 0 Å². The zero-order valence-corrected chi connectivity index (χ0v) is 8.39. The van der Waals surface area contributed by atoms with Crippen LogP contribution < -0.4 is 0 Å². The fourth-order valence-electron chi connectivity index (χ4n) is 1.20. The number of rotatable bonds is 8. The average Bonchev–Trinajstić information content (AvgIpc) is 2.10. The van der Waals surface area contributed by atoms with Gasteiger partial charge in [-0.05, 0) is 19.3 Å². The maximum absolute atomic E-state index is 3.83. The molecule has 0 aliphatic carbocycles. The Morgan fingerprint density at radius 2 is 1.67 bits per heavy atom. The van der Waals surface area contributed by atoms with Crippen molar-refractivity contribution in [1.82, 2.24) is 0 Å². The molecule has 0 aromatic carbocycles. The van der Waals surface area contributed by atoms with Crippen molar-refractivity contribution in [2.24, 2.45) is 0 Å². The minimum Gasteiger partial charge on any atom is -0.0882 e. The number of hydrogen-bond acceptors (Lipinski definition) is 0. The van der Waals surface area contributed by atoms with Crippen LogP contribution in [0.25, 0.3) is 0 Å². The summed E-state index contributed by atoms with van der Waals surface area (Å²) in [6, 6.07) is 0. The Morgan fingerprint density at radius 1 is 1.00 bits per heavy atom. The highest BCUT2D eigenvalue weighted by Gasteiger charge is 1.87. The van der Waals surface area contributed by atoms with E-state index in [-0.39, 0.29) is 0 Å².